The fourth-order valence-corrected chi connectivity index (χ4v) is 4.09. The van der Waals surface area contributed by atoms with Crippen LogP contribution < -0.4 is 0 Å². The van der Waals surface area contributed by atoms with Gasteiger partial charge in [-0.2, -0.15) is 0 Å². The van der Waals surface area contributed by atoms with E-state index in [-0.39, 0.29) is 11.9 Å². The zero-order valence-electron chi connectivity index (χ0n) is 23.0. The van der Waals surface area contributed by atoms with Crippen LogP contribution in [-0.4, -0.2) is 25.2 Å². The summed E-state index contributed by atoms with van der Waals surface area (Å²) in [4.78, 5) is 24.2. The van der Waals surface area contributed by atoms with Gasteiger partial charge in [0.1, 0.15) is 0 Å². The molecule has 0 aromatic carbocycles. The zero-order chi connectivity index (χ0) is 24.9. The van der Waals surface area contributed by atoms with Crippen LogP contribution in [0.4, 0.5) is 0 Å². The van der Waals surface area contributed by atoms with E-state index in [9.17, 15) is 9.59 Å². The molecule has 0 spiro atoms. The van der Waals surface area contributed by atoms with E-state index < -0.39 is 0 Å². The van der Waals surface area contributed by atoms with Crippen molar-refractivity contribution in [1.82, 2.24) is 0 Å². The highest BCUT2D eigenvalue weighted by atomic mass is 16.5. The minimum atomic E-state index is -0.0646. The molecule has 0 fully saturated rings. The SMILES string of the molecule is CCC(COC(=O)CCCCCCC(C)C)CC(CC)COC(=O)CCCCCCC(C)C. The first-order valence-electron chi connectivity index (χ1n) is 14.1. The molecule has 0 heterocycles. The Morgan fingerprint density at radius 1 is 0.576 bits per heavy atom. The summed E-state index contributed by atoms with van der Waals surface area (Å²) in [5.41, 5.74) is 0. The Morgan fingerprint density at radius 2 is 0.939 bits per heavy atom. The lowest BCUT2D eigenvalue weighted by atomic mass is 9.92. The van der Waals surface area contributed by atoms with Crippen molar-refractivity contribution >= 4 is 11.9 Å². The lowest BCUT2D eigenvalue weighted by Crippen LogP contribution is -2.20. The number of carbonyl (C=O) groups is 2. The first-order valence-corrected chi connectivity index (χ1v) is 14.1. The van der Waals surface area contributed by atoms with Gasteiger partial charge in [-0.05, 0) is 42.9 Å². The first kappa shape index (κ1) is 31.9. The quantitative estimate of drug-likeness (QED) is 0.118. The molecule has 196 valence electrons. The number of esters is 2. The van der Waals surface area contributed by atoms with Crippen molar-refractivity contribution in [2.45, 2.75) is 138 Å². The average molecular weight is 469 g/mol. The Balaban J connectivity index is 3.95. The smallest absolute Gasteiger partial charge is 0.305 e. The van der Waals surface area contributed by atoms with Gasteiger partial charge in [-0.25, -0.2) is 0 Å². The van der Waals surface area contributed by atoms with Crippen LogP contribution in [0.2, 0.25) is 0 Å². The second-order valence-electron chi connectivity index (χ2n) is 10.8. The van der Waals surface area contributed by atoms with Crippen molar-refractivity contribution < 1.29 is 19.1 Å². The second kappa shape index (κ2) is 21.5. The van der Waals surface area contributed by atoms with Crippen LogP contribution in [0.25, 0.3) is 0 Å². The summed E-state index contributed by atoms with van der Waals surface area (Å²) in [5.74, 6) is 2.08. The monoisotopic (exact) mass is 468 g/mol. The van der Waals surface area contributed by atoms with Gasteiger partial charge in [0, 0.05) is 12.8 Å². The molecule has 0 saturated heterocycles. The molecule has 0 amide bonds. The number of rotatable bonds is 22. The van der Waals surface area contributed by atoms with Gasteiger partial charge in [0.15, 0.2) is 0 Å². The van der Waals surface area contributed by atoms with Gasteiger partial charge in [0.05, 0.1) is 13.2 Å². The topological polar surface area (TPSA) is 52.6 Å². The van der Waals surface area contributed by atoms with E-state index >= 15 is 0 Å². The summed E-state index contributed by atoms with van der Waals surface area (Å²) < 4.78 is 11.1. The summed E-state index contributed by atoms with van der Waals surface area (Å²) in [6.45, 7) is 14.3. The van der Waals surface area contributed by atoms with Crippen LogP contribution >= 0.6 is 0 Å². The highest BCUT2D eigenvalue weighted by Crippen LogP contribution is 2.20. The third-order valence-corrected chi connectivity index (χ3v) is 6.61. The minimum absolute atomic E-state index is 0.0646. The Bertz CT molecular complexity index is 430. The molecule has 0 aromatic rings. The highest BCUT2D eigenvalue weighted by Gasteiger charge is 2.18. The van der Waals surface area contributed by atoms with Crippen molar-refractivity contribution in [2.75, 3.05) is 13.2 Å². The van der Waals surface area contributed by atoms with Crippen molar-refractivity contribution in [2.24, 2.45) is 23.7 Å². The van der Waals surface area contributed by atoms with Crippen molar-refractivity contribution in [3.05, 3.63) is 0 Å². The average Bonchev–Trinajstić information content (AvgIpc) is 2.77. The molecular formula is C29H56O4. The molecule has 0 aliphatic carbocycles. The molecule has 2 atom stereocenters. The Labute approximate surface area is 206 Å². The van der Waals surface area contributed by atoms with E-state index in [2.05, 4.69) is 41.5 Å². The van der Waals surface area contributed by atoms with E-state index in [1.54, 1.807) is 0 Å². The van der Waals surface area contributed by atoms with Crippen LogP contribution in [0.5, 0.6) is 0 Å². The number of hydrogen-bond acceptors (Lipinski definition) is 4. The van der Waals surface area contributed by atoms with Gasteiger partial charge < -0.3 is 9.47 Å². The predicted molar refractivity (Wildman–Crippen MR) is 139 cm³/mol. The molecule has 33 heavy (non-hydrogen) atoms. The summed E-state index contributed by atoms with van der Waals surface area (Å²) in [5, 5.41) is 0. The molecule has 0 saturated carbocycles. The molecule has 0 rings (SSSR count). The molecule has 0 N–H and O–H groups in total. The molecule has 4 heteroatoms. The van der Waals surface area contributed by atoms with Crippen molar-refractivity contribution in [3.63, 3.8) is 0 Å². The maximum Gasteiger partial charge on any atom is 0.305 e. The normalized spacial score (nSPS) is 13.3. The minimum Gasteiger partial charge on any atom is -0.465 e. The van der Waals surface area contributed by atoms with Crippen LogP contribution in [0.3, 0.4) is 0 Å². The van der Waals surface area contributed by atoms with Gasteiger partial charge in [0.25, 0.3) is 0 Å². The molecule has 0 aliphatic rings. The first-order chi connectivity index (χ1) is 15.8. The van der Waals surface area contributed by atoms with Gasteiger partial charge >= 0.3 is 11.9 Å². The molecule has 4 nitrogen and oxygen atoms in total. The number of carbonyl (C=O) groups excluding carboxylic acids is 2. The van der Waals surface area contributed by atoms with Gasteiger partial charge in [-0.3, -0.25) is 9.59 Å². The molecule has 0 radical (unpaired) electrons. The van der Waals surface area contributed by atoms with Crippen molar-refractivity contribution in [1.29, 1.82) is 0 Å². The molecule has 0 aromatic heterocycles. The summed E-state index contributed by atoms with van der Waals surface area (Å²) in [7, 11) is 0. The summed E-state index contributed by atoms with van der Waals surface area (Å²) in [6, 6.07) is 0. The van der Waals surface area contributed by atoms with E-state index in [1.165, 1.54) is 38.5 Å². The van der Waals surface area contributed by atoms with E-state index in [1.807, 2.05) is 0 Å². The van der Waals surface area contributed by atoms with Gasteiger partial charge in [0.2, 0.25) is 0 Å². The lowest BCUT2D eigenvalue weighted by molar-refractivity contribution is -0.145. The van der Waals surface area contributed by atoms with Crippen LogP contribution in [-0.2, 0) is 19.1 Å². The van der Waals surface area contributed by atoms with E-state index in [0.29, 0.717) is 37.9 Å². The Morgan fingerprint density at radius 3 is 1.27 bits per heavy atom. The second-order valence-corrected chi connectivity index (χ2v) is 10.8. The molecule has 0 bridgehead atoms. The fraction of sp³-hybridized carbons (Fsp3) is 0.931. The lowest BCUT2D eigenvalue weighted by Gasteiger charge is -2.21. The van der Waals surface area contributed by atoms with Gasteiger partial charge in [-0.1, -0.05) is 106 Å². The predicted octanol–water partition coefficient (Wildman–Crippen LogP) is 8.51. The van der Waals surface area contributed by atoms with Crippen LogP contribution in [0.15, 0.2) is 0 Å². The standard InChI is InChI=1S/C29H56O4/c1-7-26(22-32-28(30)19-15-11-9-13-17-24(3)4)21-27(8-2)23-33-29(31)20-16-12-10-14-18-25(5)6/h24-27H,7-23H2,1-6H3. The van der Waals surface area contributed by atoms with E-state index in [0.717, 1.165) is 56.8 Å². The fourth-order valence-electron chi connectivity index (χ4n) is 4.09. The molecular weight excluding hydrogens is 412 g/mol. The number of hydrogen-bond donors (Lipinski definition) is 0. The highest BCUT2D eigenvalue weighted by molar-refractivity contribution is 5.69. The Kier molecular flexibility index (Phi) is 20.8. The Hall–Kier alpha value is -1.06. The zero-order valence-corrected chi connectivity index (χ0v) is 23.0. The third kappa shape index (κ3) is 21.2. The third-order valence-electron chi connectivity index (χ3n) is 6.61. The van der Waals surface area contributed by atoms with Crippen LogP contribution in [0.1, 0.15) is 138 Å². The van der Waals surface area contributed by atoms with Crippen LogP contribution in [0, 0.1) is 23.7 Å². The van der Waals surface area contributed by atoms with Crippen molar-refractivity contribution in [3.8, 4) is 0 Å². The largest absolute Gasteiger partial charge is 0.465 e. The summed E-state index contributed by atoms with van der Waals surface area (Å²) in [6.07, 6.45) is 15.5. The van der Waals surface area contributed by atoms with Gasteiger partial charge in [-0.15, -0.1) is 0 Å². The molecule has 2 unspecified atom stereocenters. The maximum atomic E-state index is 12.1. The molecule has 0 aliphatic heterocycles. The summed E-state index contributed by atoms with van der Waals surface area (Å²) >= 11 is 0. The number of ether oxygens (including phenoxy) is 2. The maximum absolute atomic E-state index is 12.1. The number of unbranched alkanes of at least 4 members (excludes halogenated alkanes) is 6. The van der Waals surface area contributed by atoms with E-state index in [4.69, 9.17) is 9.47 Å².